The number of unbranched alkanes of at least 4 members (excludes halogenated alkanes) is 1. The van der Waals surface area contributed by atoms with E-state index >= 15 is 0 Å². The van der Waals surface area contributed by atoms with E-state index in [9.17, 15) is 9.59 Å². The molecule has 0 bridgehead atoms. The number of ether oxygens (including phenoxy) is 1. The molecule has 1 saturated heterocycles. The third-order valence-electron chi connectivity index (χ3n) is 7.07. The third-order valence-corrected chi connectivity index (χ3v) is 7.07. The third kappa shape index (κ3) is 3.81. The minimum atomic E-state index is -0.389. The lowest BCUT2D eigenvalue weighted by atomic mass is 9.65. The average molecular weight is 399 g/mol. The summed E-state index contributed by atoms with van der Waals surface area (Å²) in [5.74, 6) is -0.127. The normalized spacial score (nSPS) is 25.8. The molecule has 29 heavy (non-hydrogen) atoms. The lowest BCUT2D eigenvalue weighted by Gasteiger charge is -2.54. The molecule has 2 aliphatic heterocycles. The smallest absolute Gasteiger partial charge is 0.254 e. The summed E-state index contributed by atoms with van der Waals surface area (Å²) < 4.78 is 5.71. The fourth-order valence-electron chi connectivity index (χ4n) is 5.61. The van der Waals surface area contributed by atoms with Crippen molar-refractivity contribution in [3.63, 3.8) is 0 Å². The van der Waals surface area contributed by atoms with E-state index in [0.717, 1.165) is 70.1 Å². The zero-order chi connectivity index (χ0) is 20.3. The topological polar surface area (TPSA) is 58.6 Å². The Labute approximate surface area is 174 Å². The van der Waals surface area contributed by atoms with Gasteiger partial charge < -0.3 is 15.0 Å². The van der Waals surface area contributed by atoms with Crippen molar-refractivity contribution in [2.75, 3.05) is 19.7 Å². The molecule has 5 nitrogen and oxygen atoms in total. The van der Waals surface area contributed by atoms with E-state index < -0.39 is 0 Å². The summed E-state index contributed by atoms with van der Waals surface area (Å²) in [6, 6.07) is 7.77. The summed E-state index contributed by atoms with van der Waals surface area (Å²) in [6.07, 6.45) is 9.37. The number of carbonyl (C=O) groups excluding carboxylic acids is 2. The van der Waals surface area contributed by atoms with Gasteiger partial charge in [-0.05, 0) is 43.7 Å². The van der Waals surface area contributed by atoms with Gasteiger partial charge in [-0.25, -0.2) is 0 Å². The maximum absolute atomic E-state index is 13.6. The van der Waals surface area contributed by atoms with Crippen LogP contribution in [0.4, 0.5) is 0 Å². The van der Waals surface area contributed by atoms with Crippen LogP contribution < -0.4 is 5.32 Å². The summed E-state index contributed by atoms with van der Waals surface area (Å²) in [5.41, 5.74) is 1.23. The van der Waals surface area contributed by atoms with E-state index in [0.29, 0.717) is 12.1 Å². The zero-order valence-corrected chi connectivity index (χ0v) is 17.6. The quantitative estimate of drug-likeness (QED) is 0.787. The van der Waals surface area contributed by atoms with Gasteiger partial charge >= 0.3 is 0 Å². The molecule has 1 N–H and O–H groups in total. The monoisotopic (exact) mass is 398 g/mol. The molecule has 1 saturated carbocycles. The van der Waals surface area contributed by atoms with Crippen LogP contribution in [-0.4, -0.2) is 48.1 Å². The molecule has 1 aliphatic carbocycles. The molecule has 0 aromatic heterocycles. The highest BCUT2D eigenvalue weighted by Gasteiger charge is 2.54. The number of fused-ring (bicyclic) bond motifs is 1. The molecule has 2 atom stereocenters. The van der Waals surface area contributed by atoms with Crippen molar-refractivity contribution in [2.45, 2.75) is 82.3 Å². The van der Waals surface area contributed by atoms with Gasteiger partial charge in [0.2, 0.25) is 5.91 Å². The number of nitrogens with one attached hydrogen (secondary N) is 1. The Kier molecular flexibility index (Phi) is 6.23. The van der Waals surface area contributed by atoms with Crippen LogP contribution in [0.25, 0.3) is 0 Å². The Bertz CT molecular complexity index is 735. The predicted octanol–water partition coefficient (Wildman–Crippen LogP) is 4.02. The lowest BCUT2D eigenvalue weighted by Crippen LogP contribution is -2.63. The molecule has 2 heterocycles. The van der Waals surface area contributed by atoms with Gasteiger partial charge in [0.05, 0.1) is 17.6 Å². The average Bonchev–Trinajstić information content (AvgIpc) is 3.27. The molecule has 158 valence electrons. The minimum Gasteiger partial charge on any atom is -0.376 e. The van der Waals surface area contributed by atoms with Crippen molar-refractivity contribution < 1.29 is 14.3 Å². The summed E-state index contributed by atoms with van der Waals surface area (Å²) in [5, 5.41) is 3.20. The van der Waals surface area contributed by atoms with E-state index in [2.05, 4.69) is 17.1 Å². The van der Waals surface area contributed by atoms with Crippen LogP contribution in [0.3, 0.4) is 0 Å². The minimum absolute atomic E-state index is 0.0591. The first kappa shape index (κ1) is 20.4. The molecule has 0 radical (unpaired) electrons. The molecule has 5 heteroatoms. The Morgan fingerprint density at radius 2 is 2.00 bits per heavy atom. The molecular formula is C24H34N2O3. The first-order chi connectivity index (χ1) is 14.2. The van der Waals surface area contributed by atoms with Crippen LogP contribution in [0, 0.1) is 0 Å². The molecule has 1 spiro atoms. The highest BCUT2D eigenvalue weighted by Crippen LogP contribution is 2.49. The molecule has 2 fully saturated rings. The Morgan fingerprint density at radius 3 is 2.72 bits per heavy atom. The van der Waals surface area contributed by atoms with E-state index in [-0.39, 0.29) is 29.4 Å². The Morgan fingerprint density at radius 1 is 1.21 bits per heavy atom. The van der Waals surface area contributed by atoms with Gasteiger partial charge in [0, 0.05) is 25.3 Å². The van der Waals surface area contributed by atoms with Crippen molar-refractivity contribution in [3.8, 4) is 0 Å². The maximum Gasteiger partial charge on any atom is 0.254 e. The number of amides is 2. The van der Waals surface area contributed by atoms with Gasteiger partial charge in [-0.2, -0.15) is 0 Å². The highest BCUT2D eigenvalue weighted by molar-refractivity contribution is 6.02. The van der Waals surface area contributed by atoms with Crippen molar-refractivity contribution in [2.24, 2.45) is 0 Å². The summed E-state index contributed by atoms with van der Waals surface area (Å²) in [6.45, 7) is 4.24. The summed E-state index contributed by atoms with van der Waals surface area (Å²) in [4.78, 5) is 29.2. The number of benzene rings is 1. The number of rotatable bonds is 6. The van der Waals surface area contributed by atoms with Crippen LogP contribution in [0.2, 0.25) is 0 Å². The molecule has 2 amide bonds. The molecular weight excluding hydrogens is 364 g/mol. The second-order valence-corrected chi connectivity index (χ2v) is 8.88. The van der Waals surface area contributed by atoms with Crippen LogP contribution in [0.1, 0.15) is 86.6 Å². The van der Waals surface area contributed by atoms with Crippen LogP contribution >= 0.6 is 0 Å². The largest absolute Gasteiger partial charge is 0.376 e. The van der Waals surface area contributed by atoms with Crippen molar-refractivity contribution in [1.29, 1.82) is 0 Å². The van der Waals surface area contributed by atoms with Gasteiger partial charge in [0.25, 0.3) is 5.91 Å². The second kappa shape index (κ2) is 8.86. The molecule has 3 aliphatic rings. The van der Waals surface area contributed by atoms with Crippen LogP contribution in [0.5, 0.6) is 0 Å². The Hall–Kier alpha value is -1.88. The fraction of sp³-hybridized carbons (Fsp3) is 0.667. The predicted molar refractivity (Wildman–Crippen MR) is 113 cm³/mol. The van der Waals surface area contributed by atoms with Gasteiger partial charge in [-0.15, -0.1) is 0 Å². The van der Waals surface area contributed by atoms with E-state index in [1.54, 1.807) is 0 Å². The van der Waals surface area contributed by atoms with Gasteiger partial charge in [-0.3, -0.25) is 9.59 Å². The van der Waals surface area contributed by atoms with Crippen LogP contribution in [0.15, 0.2) is 24.3 Å². The highest BCUT2D eigenvalue weighted by atomic mass is 16.5. The SMILES string of the molecule is CCCCN1C(=O)c2ccccc2[C@H](C(=O)NC[C@H]2CCCO2)C12CCCCC2. The zero-order valence-electron chi connectivity index (χ0n) is 17.6. The van der Waals surface area contributed by atoms with E-state index in [1.807, 2.05) is 24.3 Å². The first-order valence-corrected chi connectivity index (χ1v) is 11.5. The lowest BCUT2D eigenvalue weighted by molar-refractivity contribution is -0.127. The second-order valence-electron chi connectivity index (χ2n) is 8.88. The number of hydrogen-bond acceptors (Lipinski definition) is 3. The number of hydrogen-bond donors (Lipinski definition) is 1. The molecule has 0 unspecified atom stereocenters. The molecule has 1 aromatic carbocycles. The number of carbonyl (C=O) groups is 2. The van der Waals surface area contributed by atoms with E-state index in [1.165, 1.54) is 6.42 Å². The fourth-order valence-corrected chi connectivity index (χ4v) is 5.61. The van der Waals surface area contributed by atoms with Crippen LogP contribution in [-0.2, 0) is 9.53 Å². The van der Waals surface area contributed by atoms with Gasteiger partial charge in [0.15, 0.2) is 0 Å². The summed E-state index contributed by atoms with van der Waals surface area (Å²) in [7, 11) is 0. The molecule has 4 rings (SSSR count). The standard InChI is InChI=1S/C24H34N2O3/c1-2-3-15-26-23(28)20-12-6-5-11-19(20)21(24(26)13-7-4-8-14-24)22(27)25-17-18-10-9-16-29-18/h5-6,11-12,18,21H,2-4,7-10,13-17H2,1H3,(H,25,27)/t18-,21-/m1/s1. The van der Waals surface area contributed by atoms with Crippen molar-refractivity contribution in [3.05, 3.63) is 35.4 Å². The van der Waals surface area contributed by atoms with Crippen molar-refractivity contribution in [1.82, 2.24) is 10.2 Å². The van der Waals surface area contributed by atoms with Gasteiger partial charge in [-0.1, -0.05) is 50.8 Å². The Balaban J connectivity index is 1.70. The van der Waals surface area contributed by atoms with Crippen molar-refractivity contribution >= 4 is 11.8 Å². The number of nitrogens with zero attached hydrogens (tertiary/aromatic N) is 1. The maximum atomic E-state index is 13.6. The van der Waals surface area contributed by atoms with Gasteiger partial charge in [0.1, 0.15) is 0 Å². The summed E-state index contributed by atoms with van der Waals surface area (Å²) >= 11 is 0. The van der Waals surface area contributed by atoms with E-state index in [4.69, 9.17) is 4.74 Å². The molecule has 1 aromatic rings. The first-order valence-electron chi connectivity index (χ1n) is 11.5.